The van der Waals surface area contributed by atoms with Crippen molar-refractivity contribution < 1.29 is 9.59 Å². The predicted molar refractivity (Wildman–Crippen MR) is 89.1 cm³/mol. The molecule has 1 aromatic heterocycles. The van der Waals surface area contributed by atoms with E-state index in [1.54, 1.807) is 17.9 Å². The normalized spacial score (nSPS) is 18.3. The van der Waals surface area contributed by atoms with Crippen LogP contribution in [-0.4, -0.2) is 46.1 Å². The number of halogens is 1. The first-order valence-corrected chi connectivity index (χ1v) is 8.48. The molecule has 2 amide bonds. The van der Waals surface area contributed by atoms with E-state index in [0.717, 1.165) is 24.9 Å². The lowest BCUT2D eigenvalue weighted by Gasteiger charge is -2.33. The quantitative estimate of drug-likeness (QED) is 0.885. The third-order valence-electron chi connectivity index (χ3n) is 4.16. The molecule has 2 rings (SSSR count). The lowest BCUT2D eigenvalue weighted by Crippen LogP contribution is -2.44. The number of likely N-dealkylation sites (tertiary alicyclic amines) is 1. The third kappa shape index (κ3) is 4.96. The Morgan fingerprint density at radius 1 is 1.48 bits per heavy atom. The Morgan fingerprint density at radius 2 is 2.22 bits per heavy atom. The maximum Gasteiger partial charge on any atom is 0.227 e. The molecule has 2 heterocycles. The highest BCUT2D eigenvalue weighted by molar-refractivity contribution is 6.30. The summed E-state index contributed by atoms with van der Waals surface area (Å²) in [7, 11) is 1.79. The summed E-state index contributed by atoms with van der Waals surface area (Å²) in [5.74, 6) is 0.444. The second-order valence-corrected chi connectivity index (χ2v) is 6.90. The van der Waals surface area contributed by atoms with Crippen LogP contribution in [0, 0.1) is 11.8 Å². The van der Waals surface area contributed by atoms with Gasteiger partial charge >= 0.3 is 0 Å². The van der Waals surface area contributed by atoms with E-state index in [0.29, 0.717) is 24.2 Å². The highest BCUT2D eigenvalue weighted by Crippen LogP contribution is 2.19. The van der Waals surface area contributed by atoms with Crippen molar-refractivity contribution in [3.63, 3.8) is 0 Å². The lowest BCUT2D eigenvalue weighted by molar-refractivity contribution is -0.132. The molecule has 0 saturated carbocycles. The van der Waals surface area contributed by atoms with E-state index in [2.05, 4.69) is 10.4 Å². The van der Waals surface area contributed by atoms with E-state index >= 15 is 0 Å². The number of carbonyl (C=O) groups excluding carboxylic acids is 2. The standard InChI is InChI=1S/C16H25ClN4O2/c1-11(2)16(23)18-8-12-5-4-6-21(9-12)14(22)7-13-10-20(3)19-15(13)17/h10-12H,4-9H2,1-3H3,(H,18,23). The number of hydrogen-bond donors (Lipinski definition) is 1. The number of hydrogen-bond acceptors (Lipinski definition) is 3. The Labute approximate surface area is 142 Å². The van der Waals surface area contributed by atoms with Crippen LogP contribution in [0.5, 0.6) is 0 Å². The largest absolute Gasteiger partial charge is 0.356 e. The molecule has 1 aromatic rings. The van der Waals surface area contributed by atoms with Gasteiger partial charge in [-0.25, -0.2) is 0 Å². The minimum Gasteiger partial charge on any atom is -0.356 e. The van der Waals surface area contributed by atoms with E-state index in [9.17, 15) is 9.59 Å². The zero-order valence-corrected chi connectivity index (χ0v) is 14.8. The second-order valence-electron chi connectivity index (χ2n) is 6.54. The SMILES string of the molecule is CC(C)C(=O)NCC1CCCN(C(=O)Cc2cn(C)nc2Cl)C1. The molecular formula is C16H25ClN4O2. The second kappa shape index (κ2) is 7.81. The van der Waals surface area contributed by atoms with E-state index in [1.807, 2.05) is 18.7 Å². The maximum absolute atomic E-state index is 12.5. The van der Waals surface area contributed by atoms with Crippen molar-refractivity contribution in [2.24, 2.45) is 18.9 Å². The van der Waals surface area contributed by atoms with Crippen LogP contribution < -0.4 is 5.32 Å². The lowest BCUT2D eigenvalue weighted by atomic mass is 9.97. The molecule has 1 fully saturated rings. The van der Waals surface area contributed by atoms with Gasteiger partial charge in [0, 0.05) is 44.4 Å². The number of amides is 2. The first-order chi connectivity index (χ1) is 10.9. The molecule has 1 N–H and O–H groups in total. The van der Waals surface area contributed by atoms with Crippen LogP contribution in [0.4, 0.5) is 0 Å². The van der Waals surface area contributed by atoms with E-state index in [4.69, 9.17) is 11.6 Å². The molecule has 0 aliphatic carbocycles. The van der Waals surface area contributed by atoms with Crippen molar-refractivity contribution in [3.05, 3.63) is 16.9 Å². The van der Waals surface area contributed by atoms with Gasteiger partial charge in [0.15, 0.2) is 5.15 Å². The molecule has 23 heavy (non-hydrogen) atoms. The molecule has 0 aromatic carbocycles. The van der Waals surface area contributed by atoms with Crippen LogP contribution in [0.15, 0.2) is 6.20 Å². The summed E-state index contributed by atoms with van der Waals surface area (Å²) in [5.41, 5.74) is 0.759. The van der Waals surface area contributed by atoms with Gasteiger partial charge < -0.3 is 10.2 Å². The molecule has 1 saturated heterocycles. The van der Waals surface area contributed by atoms with Crippen molar-refractivity contribution >= 4 is 23.4 Å². The minimum absolute atomic E-state index is 0.0101. The van der Waals surface area contributed by atoms with Crippen LogP contribution >= 0.6 is 11.6 Å². The maximum atomic E-state index is 12.5. The average molecular weight is 341 g/mol. The summed E-state index contributed by atoms with van der Waals surface area (Å²) in [6, 6.07) is 0. The van der Waals surface area contributed by atoms with Gasteiger partial charge in [-0.1, -0.05) is 25.4 Å². The van der Waals surface area contributed by atoms with Gasteiger partial charge in [0.1, 0.15) is 0 Å². The summed E-state index contributed by atoms with van der Waals surface area (Å²) in [4.78, 5) is 26.0. The van der Waals surface area contributed by atoms with Crippen molar-refractivity contribution in [1.29, 1.82) is 0 Å². The molecule has 0 spiro atoms. The molecule has 1 unspecified atom stereocenters. The Kier molecular flexibility index (Phi) is 6.04. The number of rotatable bonds is 5. The minimum atomic E-state index is -0.0101. The Balaban J connectivity index is 1.86. The molecule has 6 nitrogen and oxygen atoms in total. The highest BCUT2D eigenvalue weighted by Gasteiger charge is 2.25. The van der Waals surface area contributed by atoms with Crippen molar-refractivity contribution in [1.82, 2.24) is 20.0 Å². The Morgan fingerprint density at radius 3 is 2.83 bits per heavy atom. The third-order valence-corrected chi connectivity index (χ3v) is 4.47. The van der Waals surface area contributed by atoms with Gasteiger partial charge in [-0.3, -0.25) is 14.3 Å². The molecule has 1 aliphatic heterocycles. The monoisotopic (exact) mass is 340 g/mol. The Hall–Kier alpha value is -1.56. The molecule has 1 aliphatic rings. The molecule has 7 heteroatoms. The van der Waals surface area contributed by atoms with Gasteiger partial charge in [0.25, 0.3) is 0 Å². The van der Waals surface area contributed by atoms with Gasteiger partial charge in [0.05, 0.1) is 6.42 Å². The fourth-order valence-electron chi connectivity index (χ4n) is 2.81. The molecule has 128 valence electrons. The van der Waals surface area contributed by atoms with Crippen molar-refractivity contribution in [2.75, 3.05) is 19.6 Å². The summed E-state index contributed by atoms with van der Waals surface area (Å²) in [6.45, 7) is 5.85. The van der Waals surface area contributed by atoms with Crippen LogP contribution in [0.3, 0.4) is 0 Å². The van der Waals surface area contributed by atoms with Crippen LogP contribution in [0.1, 0.15) is 32.3 Å². The van der Waals surface area contributed by atoms with Crippen LogP contribution in [0.25, 0.3) is 0 Å². The summed E-state index contributed by atoms with van der Waals surface area (Å²) in [5, 5.41) is 7.40. The van der Waals surface area contributed by atoms with Crippen molar-refractivity contribution in [3.8, 4) is 0 Å². The fourth-order valence-corrected chi connectivity index (χ4v) is 3.05. The van der Waals surface area contributed by atoms with E-state index in [-0.39, 0.29) is 24.2 Å². The van der Waals surface area contributed by atoms with Gasteiger partial charge in [0.2, 0.25) is 11.8 Å². The van der Waals surface area contributed by atoms with Gasteiger partial charge in [-0.05, 0) is 18.8 Å². The number of piperidine rings is 1. The van der Waals surface area contributed by atoms with Gasteiger partial charge in [-0.2, -0.15) is 5.10 Å². The number of aryl methyl sites for hydroxylation is 1. The average Bonchev–Trinajstić information content (AvgIpc) is 2.82. The first kappa shape index (κ1) is 17.8. The summed E-state index contributed by atoms with van der Waals surface area (Å²) in [6.07, 6.45) is 4.06. The van der Waals surface area contributed by atoms with Crippen LogP contribution in [-0.2, 0) is 23.1 Å². The predicted octanol–water partition coefficient (Wildman–Crippen LogP) is 1.63. The van der Waals surface area contributed by atoms with E-state index < -0.39 is 0 Å². The molecular weight excluding hydrogens is 316 g/mol. The number of carbonyl (C=O) groups is 2. The Bertz CT molecular complexity index is 570. The van der Waals surface area contributed by atoms with E-state index in [1.165, 1.54) is 0 Å². The number of nitrogens with one attached hydrogen (secondary N) is 1. The van der Waals surface area contributed by atoms with Crippen molar-refractivity contribution in [2.45, 2.75) is 33.1 Å². The fraction of sp³-hybridized carbons (Fsp3) is 0.688. The highest BCUT2D eigenvalue weighted by atomic mass is 35.5. The summed E-state index contributed by atoms with van der Waals surface area (Å²) >= 11 is 6.02. The van der Waals surface area contributed by atoms with Gasteiger partial charge in [-0.15, -0.1) is 0 Å². The molecule has 0 bridgehead atoms. The first-order valence-electron chi connectivity index (χ1n) is 8.10. The zero-order valence-electron chi connectivity index (χ0n) is 14.0. The number of nitrogens with zero attached hydrogens (tertiary/aromatic N) is 3. The summed E-state index contributed by atoms with van der Waals surface area (Å²) < 4.78 is 1.62. The van der Waals surface area contributed by atoms with Crippen LogP contribution in [0.2, 0.25) is 5.15 Å². The smallest absolute Gasteiger partial charge is 0.227 e. The molecule has 1 atom stereocenters. The zero-order chi connectivity index (χ0) is 17.0. The topological polar surface area (TPSA) is 67.2 Å². The molecule has 0 radical (unpaired) electrons. The number of aromatic nitrogens is 2.